The van der Waals surface area contributed by atoms with Crippen LogP contribution in [-0.2, 0) is 0 Å². The molecule has 0 aliphatic carbocycles. The van der Waals surface area contributed by atoms with Crippen molar-refractivity contribution in [3.8, 4) is 0 Å². The van der Waals surface area contributed by atoms with Crippen molar-refractivity contribution in [2.24, 2.45) is 5.41 Å². The Bertz CT molecular complexity index is 53.9. The van der Waals surface area contributed by atoms with Gasteiger partial charge in [-0.15, -0.1) is 23.2 Å². The van der Waals surface area contributed by atoms with Crippen LogP contribution in [0.4, 0.5) is 0 Å². The summed E-state index contributed by atoms with van der Waals surface area (Å²) in [4.78, 5) is 0. The zero-order valence-electron chi connectivity index (χ0n) is 5.53. The summed E-state index contributed by atoms with van der Waals surface area (Å²) in [5.74, 6) is 0.868. The number of halogens is 2. The second-order valence-electron chi connectivity index (χ2n) is 2.28. The van der Waals surface area contributed by atoms with E-state index in [1.807, 2.05) is 6.92 Å². The molecule has 0 aromatic carbocycles. The molecule has 0 aromatic heterocycles. The highest BCUT2D eigenvalue weighted by Gasteiger charge is 2.24. The summed E-state index contributed by atoms with van der Waals surface area (Å²) in [5.41, 5.74) is -0.247. The van der Waals surface area contributed by atoms with E-state index < -0.39 is 0 Å². The van der Waals surface area contributed by atoms with Gasteiger partial charge < -0.3 is 5.11 Å². The summed E-state index contributed by atoms with van der Waals surface area (Å²) in [7, 11) is 0. The molecule has 0 saturated heterocycles. The van der Waals surface area contributed by atoms with Crippen LogP contribution < -0.4 is 0 Å². The lowest BCUT2D eigenvalue weighted by Gasteiger charge is -2.24. The Balaban J connectivity index is 3.82. The van der Waals surface area contributed by atoms with Crippen molar-refractivity contribution in [3.63, 3.8) is 0 Å². The fourth-order valence-corrected chi connectivity index (χ4v) is 1.25. The molecule has 0 saturated carbocycles. The molecular weight excluding hydrogens is 159 g/mol. The first kappa shape index (κ1) is 9.54. The number of aliphatic hydroxyl groups excluding tert-OH is 1. The molecule has 0 bridgehead atoms. The first-order valence-corrected chi connectivity index (χ1v) is 4.04. The molecular formula is C6H12Cl2O. The van der Waals surface area contributed by atoms with Crippen LogP contribution >= 0.6 is 23.2 Å². The smallest absolute Gasteiger partial charge is 0.0510 e. The Morgan fingerprint density at radius 1 is 1.33 bits per heavy atom. The second kappa shape index (κ2) is 4.37. The molecule has 0 unspecified atom stereocenters. The lowest BCUT2D eigenvalue weighted by Crippen LogP contribution is -2.28. The first-order chi connectivity index (χ1) is 4.24. The van der Waals surface area contributed by atoms with E-state index in [1.54, 1.807) is 0 Å². The molecule has 0 aliphatic rings. The van der Waals surface area contributed by atoms with E-state index in [0.717, 1.165) is 6.42 Å². The fourth-order valence-electron chi connectivity index (χ4n) is 0.421. The van der Waals surface area contributed by atoms with E-state index in [-0.39, 0.29) is 12.0 Å². The van der Waals surface area contributed by atoms with Crippen molar-refractivity contribution < 1.29 is 5.11 Å². The van der Waals surface area contributed by atoms with Gasteiger partial charge in [0, 0.05) is 17.2 Å². The maximum Gasteiger partial charge on any atom is 0.0510 e. The molecule has 3 heteroatoms. The van der Waals surface area contributed by atoms with Crippen LogP contribution in [0.5, 0.6) is 0 Å². The van der Waals surface area contributed by atoms with Gasteiger partial charge in [-0.2, -0.15) is 0 Å². The van der Waals surface area contributed by atoms with Gasteiger partial charge in [0.2, 0.25) is 0 Å². The molecule has 1 N–H and O–H groups in total. The van der Waals surface area contributed by atoms with Gasteiger partial charge in [-0.05, 0) is 6.42 Å². The summed E-state index contributed by atoms with van der Waals surface area (Å²) < 4.78 is 0. The quantitative estimate of drug-likeness (QED) is 0.640. The van der Waals surface area contributed by atoms with Crippen LogP contribution in [0.15, 0.2) is 0 Å². The predicted octanol–water partition coefficient (Wildman–Crippen LogP) is 1.85. The molecule has 0 rings (SSSR count). The third-order valence-electron chi connectivity index (χ3n) is 1.65. The van der Waals surface area contributed by atoms with E-state index in [2.05, 4.69) is 0 Å². The normalized spacial score (nSPS) is 12.0. The molecule has 0 spiro atoms. The summed E-state index contributed by atoms with van der Waals surface area (Å²) >= 11 is 11.2. The summed E-state index contributed by atoms with van der Waals surface area (Å²) in [6, 6.07) is 0. The Kier molecular flexibility index (Phi) is 4.63. The van der Waals surface area contributed by atoms with E-state index in [1.165, 1.54) is 0 Å². The minimum atomic E-state index is -0.247. The molecule has 0 aromatic rings. The molecule has 0 heterocycles. The first-order valence-electron chi connectivity index (χ1n) is 2.97. The highest BCUT2D eigenvalue weighted by molar-refractivity contribution is 6.21. The average molecular weight is 171 g/mol. The van der Waals surface area contributed by atoms with Gasteiger partial charge in [-0.3, -0.25) is 0 Å². The SMILES string of the molecule is CCC(CO)(CCl)CCl. The monoisotopic (exact) mass is 170 g/mol. The molecule has 0 amide bonds. The van der Waals surface area contributed by atoms with E-state index in [0.29, 0.717) is 11.8 Å². The summed E-state index contributed by atoms with van der Waals surface area (Å²) in [6.07, 6.45) is 0.830. The summed E-state index contributed by atoms with van der Waals surface area (Å²) in [6.45, 7) is 2.05. The zero-order valence-corrected chi connectivity index (χ0v) is 7.04. The lowest BCUT2D eigenvalue weighted by atomic mass is 9.91. The van der Waals surface area contributed by atoms with Crippen molar-refractivity contribution in [1.29, 1.82) is 0 Å². The van der Waals surface area contributed by atoms with Gasteiger partial charge in [0.1, 0.15) is 0 Å². The van der Waals surface area contributed by atoms with Gasteiger partial charge >= 0.3 is 0 Å². The highest BCUT2D eigenvalue weighted by atomic mass is 35.5. The maximum atomic E-state index is 8.81. The number of alkyl halides is 2. The molecule has 9 heavy (non-hydrogen) atoms. The largest absolute Gasteiger partial charge is 0.396 e. The maximum absolute atomic E-state index is 8.81. The van der Waals surface area contributed by atoms with Gasteiger partial charge in [-0.1, -0.05) is 6.92 Å². The topological polar surface area (TPSA) is 20.2 Å². The van der Waals surface area contributed by atoms with Gasteiger partial charge in [-0.25, -0.2) is 0 Å². The van der Waals surface area contributed by atoms with Crippen molar-refractivity contribution in [2.45, 2.75) is 13.3 Å². The molecule has 56 valence electrons. The molecule has 1 nitrogen and oxygen atoms in total. The second-order valence-corrected chi connectivity index (χ2v) is 2.81. The minimum Gasteiger partial charge on any atom is -0.396 e. The number of hydrogen-bond donors (Lipinski definition) is 1. The van der Waals surface area contributed by atoms with Crippen LogP contribution in [0.25, 0.3) is 0 Å². The minimum absolute atomic E-state index is 0.0799. The molecule has 0 atom stereocenters. The van der Waals surface area contributed by atoms with E-state index >= 15 is 0 Å². The van der Waals surface area contributed by atoms with Crippen LogP contribution in [0.2, 0.25) is 0 Å². The van der Waals surface area contributed by atoms with Crippen LogP contribution in [0, 0.1) is 5.41 Å². The van der Waals surface area contributed by atoms with E-state index in [9.17, 15) is 0 Å². The van der Waals surface area contributed by atoms with Gasteiger partial charge in [0.25, 0.3) is 0 Å². The fraction of sp³-hybridized carbons (Fsp3) is 1.00. The third-order valence-corrected chi connectivity index (χ3v) is 2.79. The molecule has 0 aliphatic heterocycles. The van der Waals surface area contributed by atoms with Crippen LogP contribution in [0.1, 0.15) is 13.3 Å². The zero-order chi connectivity index (χ0) is 7.33. The van der Waals surface area contributed by atoms with E-state index in [4.69, 9.17) is 28.3 Å². The van der Waals surface area contributed by atoms with Gasteiger partial charge in [0.05, 0.1) is 6.61 Å². The van der Waals surface area contributed by atoms with Crippen LogP contribution in [0.3, 0.4) is 0 Å². The standard InChI is InChI=1S/C6H12Cl2O/c1-2-6(3-7,4-8)5-9/h9H,2-5H2,1H3. The van der Waals surface area contributed by atoms with Crippen LogP contribution in [-0.4, -0.2) is 23.5 Å². The third kappa shape index (κ3) is 2.32. The Morgan fingerprint density at radius 3 is 1.78 bits per heavy atom. The predicted molar refractivity (Wildman–Crippen MR) is 41.2 cm³/mol. The number of rotatable bonds is 4. The van der Waals surface area contributed by atoms with Gasteiger partial charge in [0.15, 0.2) is 0 Å². The average Bonchev–Trinajstić information content (AvgIpc) is 1.95. The Labute approximate surface area is 66.0 Å². The number of hydrogen-bond acceptors (Lipinski definition) is 1. The number of aliphatic hydroxyl groups is 1. The van der Waals surface area contributed by atoms with Crippen molar-refractivity contribution in [3.05, 3.63) is 0 Å². The molecule has 0 radical (unpaired) electrons. The van der Waals surface area contributed by atoms with Crippen molar-refractivity contribution >= 4 is 23.2 Å². The highest BCUT2D eigenvalue weighted by Crippen LogP contribution is 2.24. The lowest BCUT2D eigenvalue weighted by molar-refractivity contribution is 0.161. The summed E-state index contributed by atoms with van der Waals surface area (Å²) in [5, 5.41) is 8.81. The molecule has 0 fully saturated rings. The Morgan fingerprint density at radius 2 is 1.78 bits per heavy atom. The van der Waals surface area contributed by atoms with Crippen molar-refractivity contribution in [1.82, 2.24) is 0 Å². The Hall–Kier alpha value is 0.540. The van der Waals surface area contributed by atoms with Crippen molar-refractivity contribution in [2.75, 3.05) is 18.4 Å².